The second-order valence-corrected chi connectivity index (χ2v) is 11.5. The highest BCUT2D eigenvalue weighted by molar-refractivity contribution is 9.10. The van der Waals surface area contributed by atoms with Gasteiger partial charge in [0.2, 0.25) is 0 Å². The minimum Gasteiger partial charge on any atom is -0.493 e. The molecule has 0 spiro atoms. The van der Waals surface area contributed by atoms with Crippen molar-refractivity contribution in [1.29, 1.82) is 0 Å². The van der Waals surface area contributed by atoms with Gasteiger partial charge in [0.15, 0.2) is 28.2 Å². The second kappa shape index (κ2) is 14.3. The normalized spacial score (nSPS) is 14.6. The molecule has 1 N–H and O–H groups in total. The quantitative estimate of drug-likeness (QED) is 0.164. The second-order valence-electron chi connectivity index (χ2n) is 9.63. The van der Waals surface area contributed by atoms with Crippen LogP contribution in [0, 0.1) is 6.92 Å². The average Bonchev–Trinajstić information content (AvgIpc) is 3.35. The van der Waals surface area contributed by atoms with Crippen LogP contribution in [0.1, 0.15) is 29.2 Å². The van der Waals surface area contributed by atoms with Crippen LogP contribution >= 0.6 is 27.7 Å². The Kier molecular flexibility index (Phi) is 10.1. The number of halogens is 1. The van der Waals surface area contributed by atoms with Crippen LogP contribution < -0.4 is 24.3 Å². The molecule has 4 aromatic carbocycles. The number of nitrogens with one attached hydrogen (secondary N) is 1. The summed E-state index contributed by atoms with van der Waals surface area (Å²) in [4.78, 5) is 17.8. The number of aliphatic imine (C=N–C) groups is 1. The molecule has 0 bridgehead atoms. The summed E-state index contributed by atoms with van der Waals surface area (Å²) < 4.78 is 24.4. The maximum atomic E-state index is 12.7. The minimum absolute atomic E-state index is 0.199. The maximum absolute atomic E-state index is 12.7. The fraction of sp³-hybridized carbons (Fsp3) is 0.176. The van der Waals surface area contributed by atoms with Gasteiger partial charge < -0.3 is 24.3 Å². The highest BCUT2D eigenvalue weighted by atomic mass is 79.9. The summed E-state index contributed by atoms with van der Waals surface area (Å²) in [5.41, 5.74) is 4.71. The van der Waals surface area contributed by atoms with E-state index in [-0.39, 0.29) is 12.5 Å². The van der Waals surface area contributed by atoms with E-state index >= 15 is 0 Å². The van der Waals surface area contributed by atoms with E-state index in [1.165, 1.54) is 11.8 Å². The van der Waals surface area contributed by atoms with Gasteiger partial charge in [0, 0.05) is 0 Å². The van der Waals surface area contributed by atoms with E-state index in [9.17, 15) is 4.79 Å². The molecule has 43 heavy (non-hydrogen) atoms. The molecular formula is C34H31BrN2O5S. The number of ether oxygens (including phenoxy) is 4. The van der Waals surface area contributed by atoms with Crippen molar-refractivity contribution in [2.24, 2.45) is 4.99 Å². The number of aryl methyl sites for hydroxylation is 1. The van der Waals surface area contributed by atoms with Gasteiger partial charge in [-0.3, -0.25) is 4.79 Å². The first kappa shape index (κ1) is 30.3. The van der Waals surface area contributed by atoms with Gasteiger partial charge in [0.25, 0.3) is 5.91 Å². The van der Waals surface area contributed by atoms with Gasteiger partial charge in [-0.1, -0.05) is 54.1 Å². The lowest BCUT2D eigenvalue weighted by Crippen LogP contribution is -2.19. The highest BCUT2D eigenvalue weighted by Crippen LogP contribution is 2.39. The Morgan fingerprint density at radius 1 is 0.860 bits per heavy atom. The van der Waals surface area contributed by atoms with Crippen molar-refractivity contribution < 1.29 is 23.7 Å². The number of nitrogens with zero attached hydrogens (tertiary/aromatic N) is 1. The summed E-state index contributed by atoms with van der Waals surface area (Å²) >= 11 is 4.94. The van der Waals surface area contributed by atoms with Gasteiger partial charge in [-0.2, -0.15) is 0 Å². The third-order valence-corrected chi connectivity index (χ3v) is 7.89. The molecule has 0 unspecified atom stereocenters. The molecule has 0 aliphatic carbocycles. The van der Waals surface area contributed by atoms with E-state index < -0.39 is 0 Å². The molecule has 1 aliphatic rings. The van der Waals surface area contributed by atoms with Gasteiger partial charge in [-0.15, -0.1) is 0 Å². The van der Waals surface area contributed by atoms with E-state index in [1.807, 2.05) is 105 Å². The lowest BCUT2D eigenvalue weighted by Gasteiger charge is -2.16. The number of carbonyl (C=O) groups excluding carboxylic acids is 1. The minimum atomic E-state index is -0.199. The number of hydrogen-bond acceptors (Lipinski definition) is 7. The van der Waals surface area contributed by atoms with Crippen molar-refractivity contribution in [3.8, 4) is 23.0 Å². The Bertz CT molecular complexity index is 1660. The third-order valence-electron chi connectivity index (χ3n) is 6.39. The third kappa shape index (κ3) is 8.00. The molecule has 0 radical (unpaired) electrons. The molecule has 220 valence electrons. The van der Waals surface area contributed by atoms with Crippen LogP contribution in [0.15, 0.2) is 99.3 Å². The largest absolute Gasteiger partial charge is 0.493 e. The lowest BCUT2D eigenvalue weighted by atomic mass is 10.1. The van der Waals surface area contributed by atoms with Crippen LogP contribution in [0.4, 0.5) is 5.69 Å². The smallest absolute Gasteiger partial charge is 0.264 e. The van der Waals surface area contributed by atoms with Crippen LogP contribution in [-0.2, 0) is 18.0 Å². The molecule has 0 atom stereocenters. The predicted molar refractivity (Wildman–Crippen MR) is 175 cm³/mol. The molecule has 1 fully saturated rings. The summed E-state index contributed by atoms with van der Waals surface area (Å²) in [5, 5.41) is 3.38. The zero-order valence-electron chi connectivity index (χ0n) is 24.1. The number of amides is 1. The number of methoxy groups -OCH3 is 1. The van der Waals surface area contributed by atoms with Crippen molar-refractivity contribution >= 4 is 50.5 Å². The molecule has 5 rings (SSSR count). The molecule has 4 aromatic rings. The van der Waals surface area contributed by atoms with E-state index in [0.717, 1.165) is 27.9 Å². The van der Waals surface area contributed by atoms with Gasteiger partial charge in [-0.25, -0.2) is 4.99 Å². The summed E-state index contributed by atoms with van der Waals surface area (Å²) in [6.45, 7) is 5.11. The molecule has 1 saturated heterocycles. The standard InChI is InChI=1S/C34H31BrN2O5S/c1-4-40-30-18-25(19-31-33(38)37-34(43-31)36-26-13-10-22(2)11-14-26)16-27(35)32(30)42-21-24-12-15-28(29(17-24)39-3)41-20-23-8-6-5-7-9-23/h5-19H,4,20-21H2,1-3H3,(H,36,37,38)/b31-19+. The molecular weight excluding hydrogens is 628 g/mol. The average molecular weight is 660 g/mol. The first-order chi connectivity index (χ1) is 20.9. The topological polar surface area (TPSA) is 78.4 Å². The van der Waals surface area contributed by atoms with Crippen LogP contribution in [0.25, 0.3) is 6.08 Å². The summed E-state index contributed by atoms with van der Waals surface area (Å²) in [5.74, 6) is 2.22. The maximum Gasteiger partial charge on any atom is 0.264 e. The van der Waals surface area contributed by atoms with Gasteiger partial charge in [0.1, 0.15) is 13.2 Å². The number of amidine groups is 1. The van der Waals surface area contributed by atoms with Gasteiger partial charge in [0.05, 0.1) is 28.8 Å². The highest BCUT2D eigenvalue weighted by Gasteiger charge is 2.24. The number of rotatable bonds is 11. The molecule has 7 nitrogen and oxygen atoms in total. The summed E-state index contributed by atoms with van der Waals surface area (Å²) in [6, 6.07) is 27.3. The lowest BCUT2D eigenvalue weighted by molar-refractivity contribution is -0.115. The van der Waals surface area contributed by atoms with Gasteiger partial charge in [-0.05, 0) is 101 Å². The number of thioether (sulfide) groups is 1. The summed E-state index contributed by atoms with van der Waals surface area (Å²) in [7, 11) is 1.62. The Labute approximate surface area is 264 Å². The van der Waals surface area contributed by atoms with Crippen LogP contribution in [0.2, 0.25) is 0 Å². The van der Waals surface area contributed by atoms with Crippen LogP contribution in [-0.4, -0.2) is 24.8 Å². The first-order valence-electron chi connectivity index (χ1n) is 13.7. The summed E-state index contributed by atoms with van der Waals surface area (Å²) in [6.07, 6.45) is 1.81. The number of benzene rings is 4. The van der Waals surface area contributed by atoms with Crippen molar-refractivity contribution in [3.05, 3.63) is 117 Å². The van der Waals surface area contributed by atoms with E-state index in [1.54, 1.807) is 7.11 Å². The zero-order chi connectivity index (χ0) is 30.2. The van der Waals surface area contributed by atoms with E-state index in [0.29, 0.717) is 50.8 Å². The Morgan fingerprint density at radius 2 is 1.63 bits per heavy atom. The van der Waals surface area contributed by atoms with Gasteiger partial charge >= 0.3 is 0 Å². The van der Waals surface area contributed by atoms with Crippen LogP contribution in [0.5, 0.6) is 23.0 Å². The molecule has 9 heteroatoms. The SMILES string of the molecule is CCOc1cc(/C=C2/SC(=Nc3ccc(C)cc3)NC2=O)cc(Br)c1OCc1ccc(OCc2ccccc2)c(OC)c1. The molecule has 0 saturated carbocycles. The molecule has 1 aliphatic heterocycles. The Balaban J connectivity index is 1.29. The molecule has 1 amide bonds. The van der Waals surface area contributed by atoms with Crippen molar-refractivity contribution in [1.82, 2.24) is 5.32 Å². The monoisotopic (exact) mass is 658 g/mol. The number of hydrogen-bond donors (Lipinski definition) is 1. The van der Waals surface area contributed by atoms with Crippen LogP contribution in [0.3, 0.4) is 0 Å². The van der Waals surface area contributed by atoms with Crippen molar-refractivity contribution in [2.45, 2.75) is 27.1 Å². The Hall–Kier alpha value is -4.21. The Morgan fingerprint density at radius 3 is 2.37 bits per heavy atom. The van der Waals surface area contributed by atoms with E-state index in [4.69, 9.17) is 18.9 Å². The molecule has 0 aromatic heterocycles. The van der Waals surface area contributed by atoms with Crippen molar-refractivity contribution in [2.75, 3.05) is 13.7 Å². The van der Waals surface area contributed by atoms with E-state index in [2.05, 4.69) is 26.2 Å². The zero-order valence-corrected chi connectivity index (χ0v) is 26.5. The predicted octanol–water partition coefficient (Wildman–Crippen LogP) is 8.21. The number of carbonyl (C=O) groups is 1. The van der Waals surface area contributed by atoms with Crippen molar-refractivity contribution in [3.63, 3.8) is 0 Å². The fourth-order valence-electron chi connectivity index (χ4n) is 4.25. The molecule has 1 heterocycles. The first-order valence-corrected chi connectivity index (χ1v) is 15.3. The fourth-order valence-corrected chi connectivity index (χ4v) is 5.67.